The third kappa shape index (κ3) is 2.93. The van der Waals surface area contributed by atoms with Gasteiger partial charge in [-0.1, -0.05) is 29.8 Å². The van der Waals surface area contributed by atoms with Crippen LogP contribution in [0.3, 0.4) is 0 Å². The Kier molecular flexibility index (Phi) is 3.87. The number of aromatic nitrogens is 6. The zero-order valence-electron chi connectivity index (χ0n) is 16.0. The van der Waals surface area contributed by atoms with E-state index in [1.165, 1.54) is 0 Å². The molecule has 0 aliphatic heterocycles. The van der Waals surface area contributed by atoms with E-state index in [0.29, 0.717) is 11.5 Å². The first-order valence-electron chi connectivity index (χ1n) is 9.23. The number of nitrogens with one attached hydrogen (secondary N) is 2. The molecule has 3 heterocycles. The van der Waals surface area contributed by atoms with Gasteiger partial charge in [-0.2, -0.15) is 0 Å². The molecule has 7 heteroatoms. The van der Waals surface area contributed by atoms with E-state index in [1.807, 2.05) is 24.3 Å². The van der Waals surface area contributed by atoms with Crippen LogP contribution in [0.25, 0.3) is 45.1 Å². The zero-order valence-corrected chi connectivity index (χ0v) is 16.0. The van der Waals surface area contributed by atoms with Crippen LogP contribution in [0, 0.1) is 6.92 Å². The Bertz CT molecular complexity index is 1390. The van der Waals surface area contributed by atoms with Crippen molar-refractivity contribution in [3.63, 3.8) is 0 Å². The molecule has 142 valence electrons. The molecule has 0 aliphatic carbocycles. The normalized spacial score (nSPS) is 11.2. The van der Waals surface area contributed by atoms with Crippen molar-refractivity contribution in [1.29, 1.82) is 0 Å². The van der Waals surface area contributed by atoms with Crippen molar-refractivity contribution in [2.75, 3.05) is 0 Å². The Morgan fingerprint density at radius 2 is 1.90 bits per heavy atom. The second-order valence-corrected chi connectivity index (χ2v) is 6.99. The van der Waals surface area contributed by atoms with E-state index in [0.717, 1.165) is 39.1 Å². The molecule has 7 nitrogen and oxygen atoms in total. The standard InChI is InChI=1S/C22H18N6O/c1-13-4-3-5-14(10-13)19-20(27-21(26-19)17-12-23-8-9-24-17)15-6-7-16-18(11-15)28(2)22(29)25-16/h3-12H,1-2H3,(H,25,29)(H,26,27). The van der Waals surface area contributed by atoms with Gasteiger partial charge in [0.1, 0.15) is 5.69 Å². The summed E-state index contributed by atoms with van der Waals surface area (Å²) in [7, 11) is 1.75. The molecule has 0 aliphatic rings. The van der Waals surface area contributed by atoms with Gasteiger partial charge in [-0.15, -0.1) is 0 Å². The van der Waals surface area contributed by atoms with Gasteiger partial charge in [0.05, 0.1) is 28.6 Å². The van der Waals surface area contributed by atoms with Crippen LogP contribution in [0.5, 0.6) is 0 Å². The van der Waals surface area contributed by atoms with E-state index < -0.39 is 0 Å². The molecular weight excluding hydrogens is 364 g/mol. The number of aryl methyl sites for hydroxylation is 2. The molecule has 0 bridgehead atoms. The maximum Gasteiger partial charge on any atom is 0.326 e. The summed E-state index contributed by atoms with van der Waals surface area (Å²) < 4.78 is 1.60. The topological polar surface area (TPSA) is 92.2 Å². The number of fused-ring (bicyclic) bond motifs is 1. The van der Waals surface area contributed by atoms with Crippen LogP contribution < -0.4 is 5.69 Å². The van der Waals surface area contributed by atoms with Gasteiger partial charge in [-0.3, -0.25) is 9.55 Å². The van der Waals surface area contributed by atoms with Crippen molar-refractivity contribution in [2.45, 2.75) is 6.92 Å². The molecule has 0 spiro atoms. The number of imidazole rings is 2. The van der Waals surface area contributed by atoms with E-state index >= 15 is 0 Å². The number of nitrogens with zero attached hydrogens (tertiary/aromatic N) is 4. The van der Waals surface area contributed by atoms with Crippen LogP contribution in [0.1, 0.15) is 5.56 Å². The number of rotatable bonds is 3. The summed E-state index contributed by atoms with van der Waals surface area (Å²) in [5.74, 6) is 0.646. The quantitative estimate of drug-likeness (QED) is 0.498. The summed E-state index contributed by atoms with van der Waals surface area (Å²) in [6, 6.07) is 14.1. The highest BCUT2D eigenvalue weighted by atomic mass is 16.1. The molecule has 5 aromatic rings. The molecule has 0 saturated carbocycles. The first-order chi connectivity index (χ1) is 14.1. The minimum atomic E-state index is -0.140. The molecule has 0 fully saturated rings. The fourth-order valence-corrected chi connectivity index (χ4v) is 3.50. The minimum absolute atomic E-state index is 0.140. The Morgan fingerprint density at radius 1 is 1.00 bits per heavy atom. The monoisotopic (exact) mass is 382 g/mol. The average molecular weight is 382 g/mol. The summed E-state index contributed by atoms with van der Waals surface area (Å²) in [6.07, 6.45) is 4.96. The van der Waals surface area contributed by atoms with Crippen molar-refractivity contribution in [1.82, 2.24) is 29.5 Å². The fourth-order valence-electron chi connectivity index (χ4n) is 3.50. The van der Waals surface area contributed by atoms with Crippen LogP contribution in [0.4, 0.5) is 0 Å². The van der Waals surface area contributed by atoms with E-state index in [1.54, 1.807) is 30.2 Å². The number of hydrogen-bond acceptors (Lipinski definition) is 4. The third-order valence-corrected chi connectivity index (χ3v) is 5.00. The van der Waals surface area contributed by atoms with Crippen LogP contribution in [0.2, 0.25) is 0 Å². The van der Waals surface area contributed by atoms with Gasteiger partial charge in [0, 0.05) is 30.6 Å². The largest absolute Gasteiger partial charge is 0.336 e. The van der Waals surface area contributed by atoms with Gasteiger partial charge in [0.15, 0.2) is 5.82 Å². The predicted octanol–water partition coefficient (Wildman–Crippen LogP) is 3.69. The van der Waals surface area contributed by atoms with E-state index in [-0.39, 0.29) is 5.69 Å². The molecule has 0 unspecified atom stereocenters. The highest BCUT2D eigenvalue weighted by Gasteiger charge is 2.17. The molecular formula is C22H18N6O. The van der Waals surface area contributed by atoms with Gasteiger partial charge in [0.25, 0.3) is 0 Å². The Morgan fingerprint density at radius 3 is 2.69 bits per heavy atom. The number of hydrogen-bond donors (Lipinski definition) is 2. The fraction of sp³-hybridized carbons (Fsp3) is 0.0909. The maximum atomic E-state index is 12.0. The summed E-state index contributed by atoms with van der Waals surface area (Å²) in [5, 5.41) is 0. The molecule has 5 rings (SSSR count). The van der Waals surface area contributed by atoms with Crippen LogP contribution in [-0.2, 0) is 7.05 Å². The van der Waals surface area contributed by atoms with Crippen molar-refractivity contribution in [2.24, 2.45) is 7.05 Å². The van der Waals surface area contributed by atoms with E-state index in [2.05, 4.69) is 45.1 Å². The lowest BCUT2D eigenvalue weighted by molar-refractivity contribution is 0.892. The molecule has 3 aromatic heterocycles. The highest BCUT2D eigenvalue weighted by Crippen LogP contribution is 2.33. The lowest BCUT2D eigenvalue weighted by Gasteiger charge is -2.05. The van der Waals surface area contributed by atoms with Crippen molar-refractivity contribution in [3.05, 3.63) is 77.1 Å². The first kappa shape index (κ1) is 17.1. The molecule has 0 amide bonds. The SMILES string of the molecule is Cc1cccc(-c2[nH]c(-c3cnccn3)nc2-c2ccc3[nH]c(=O)n(C)c3c2)c1. The molecule has 29 heavy (non-hydrogen) atoms. The van der Waals surface area contributed by atoms with Crippen LogP contribution in [0.15, 0.2) is 65.8 Å². The van der Waals surface area contributed by atoms with Gasteiger partial charge in [-0.25, -0.2) is 14.8 Å². The zero-order chi connectivity index (χ0) is 20.0. The van der Waals surface area contributed by atoms with Gasteiger partial charge in [-0.05, 0) is 25.1 Å². The van der Waals surface area contributed by atoms with E-state index in [9.17, 15) is 4.79 Å². The highest BCUT2D eigenvalue weighted by molar-refractivity contribution is 5.87. The summed E-state index contributed by atoms with van der Waals surface area (Å²) in [5.41, 5.74) is 6.95. The van der Waals surface area contributed by atoms with Crippen molar-refractivity contribution in [3.8, 4) is 34.0 Å². The minimum Gasteiger partial charge on any atom is -0.336 e. The molecule has 0 atom stereocenters. The Balaban J connectivity index is 1.75. The van der Waals surface area contributed by atoms with E-state index in [4.69, 9.17) is 4.98 Å². The van der Waals surface area contributed by atoms with Crippen molar-refractivity contribution >= 4 is 11.0 Å². The molecule has 0 saturated heterocycles. The average Bonchev–Trinajstić information content (AvgIpc) is 3.30. The van der Waals surface area contributed by atoms with Crippen LogP contribution >= 0.6 is 0 Å². The second kappa shape index (κ2) is 6.56. The summed E-state index contributed by atoms with van der Waals surface area (Å²) in [4.78, 5) is 31.6. The van der Waals surface area contributed by atoms with Gasteiger partial charge in [0.2, 0.25) is 0 Å². The Hall–Kier alpha value is -4.00. The number of H-pyrrole nitrogens is 2. The lowest BCUT2D eigenvalue weighted by atomic mass is 10.0. The van der Waals surface area contributed by atoms with Crippen LogP contribution in [-0.4, -0.2) is 29.5 Å². The molecule has 2 N–H and O–H groups in total. The molecule has 0 radical (unpaired) electrons. The summed E-state index contributed by atoms with van der Waals surface area (Å²) >= 11 is 0. The van der Waals surface area contributed by atoms with Crippen molar-refractivity contribution < 1.29 is 0 Å². The molecule has 2 aromatic carbocycles. The lowest BCUT2D eigenvalue weighted by Crippen LogP contribution is -2.11. The third-order valence-electron chi connectivity index (χ3n) is 5.00. The van der Waals surface area contributed by atoms with Gasteiger partial charge < -0.3 is 9.97 Å². The Labute approximate surface area is 166 Å². The number of benzene rings is 2. The first-order valence-corrected chi connectivity index (χ1v) is 9.23. The number of aromatic amines is 2. The maximum absolute atomic E-state index is 12.0. The second-order valence-electron chi connectivity index (χ2n) is 6.99. The summed E-state index contributed by atoms with van der Waals surface area (Å²) in [6.45, 7) is 2.06. The smallest absolute Gasteiger partial charge is 0.326 e. The van der Waals surface area contributed by atoms with Gasteiger partial charge >= 0.3 is 5.69 Å². The predicted molar refractivity (Wildman–Crippen MR) is 112 cm³/mol.